The van der Waals surface area contributed by atoms with Crippen LogP contribution in [0.3, 0.4) is 0 Å². The molecule has 4 rings (SSSR count). The van der Waals surface area contributed by atoms with Gasteiger partial charge in [-0.25, -0.2) is 0 Å². The second kappa shape index (κ2) is 10.5. The van der Waals surface area contributed by atoms with E-state index in [1.807, 2.05) is 26.0 Å². The number of rotatable bonds is 7. The molecule has 8 heteroatoms. The van der Waals surface area contributed by atoms with Crippen molar-refractivity contribution in [2.24, 2.45) is 5.92 Å². The number of carbonyl (C=O) groups is 2. The van der Waals surface area contributed by atoms with Crippen molar-refractivity contribution in [2.45, 2.75) is 26.4 Å². The Morgan fingerprint density at radius 2 is 1.86 bits per heavy atom. The Kier molecular flexibility index (Phi) is 7.43. The van der Waals surface area contributed by atoms with Crippen LogP contribution < -0.4 is 4.74 Å². The number of nitrogens with zero attached hydrogens (tertiary/aromatic N) is 2. The number of amides is 1. The Morgan fingerprint density at radius 3 is 2.54 bits per heavy atom. The molecule has 0 radical (unpaired) electrons. The van der Waals surface area contributed by atoms with Crippen molar-refractivity contribution < 1.29 is 19.4 Å². The molecule has 2 heterocycles. The number of halogens is 2. The van der Waals surface area contributed by atoms with Crippen molar-refractivity contribution in [1.29, 1.82) is 0 Å². The average Bonchev–Trinajstić information content (AvgIpc) is 3.09. The predicted molar refractivity (Wildman–Crippen MR) is 135 cm³/mol. The summed E-state index contributed by atoms with van der Waals surface area (Å²) < 4.78 is 5.87. The number of Topliss-reactive ketones (excluding diaryl/α,β-unsaturated/α-hetero) is 1. The number of benzene rings is 2. The van der Waals surface area contributed by atoms with Crippen molar-refractivity contribution in [3.8, 4) is 5.75 Å². The third-order valence-electron chi connectivity index (χ3n) is 5.55. The molecule has 2 aromatic carbocycles. The van der Waals surface area contributed by atoms with E-state index < -0.39 is 17.7 Å². The molecule has 6 nitrogen and oxygen atoms in total. The molecule has 0 bridgehead atoms. The topological polar surface area (TPSA) is 79.7 Å². The number of pyridine rings is 1. The van der Waals surface area contributed by atoms with Crippen LogP contribution in [-0.2, 0) is 16.1 Å². The van der Waals surface area contributed by atoms with Crippen LogP contribution in [0.25, 0.3) is 5.76 Å². The third kappa shape index (κ3) is 5.34. The van der Waals surface area contributed by atoms with Gasteiger partial charge in [-0.2, -0.15) is 0 Å². The molecule has 1 aliphatic rings. The Morgan fingerprint density at radius 1 is 1.06 bits per heavy atom. The lowest BCUT2D eigenvalue weighted by Crippen LogP contribution is -2.29. The van der Waals surface area contributed by atoms with Gasteiger partial charge in [-0.3, -0.25) is 14.6 Å². The zero-order valence-corrected chi connectivity index (χ0v) is 20.8. The van der Waals surface area contributed by atoms with Gasteiger partial charge in [0.25, 0.3) is 11.7 Å². The molecule has 35 heavy (non-hydrogen) atoms. The molecule has 1 N–H and O–H groups in total. The van der Waals surface area contributed by atoms with Crippen molar-refractivity contribution >= 4 is 40.7 Å². The first-order chi connectivity index (χ1) is 16.8. The van der Waals surface area contributed by atoms with Gasteiger partial charge in [-0.1, -0.05) is 55.2 Å². The predicted octanol–water partition coefficient (Wildman–Crippen LogP) is 6.05. The van der Waals surface area contributed by atoms with Crippen LogP contribution in [0.5, 0.6) is 5.75 Å². The summed E-state index contributed by atoms with van der Waals surface area (Å²) in [6.45, 7) is 4.69. The highest BCUT2D eigenvalue weighted by atomic mass is 35.5. The molecule has 3 aromatic rings. The minimum atomic E-state index is -0.853. The van der Waals surface area contributed by atoms with E-state index in [1.54, 1.807) is 42.6 Å². The van der Waals surface area contributed by atoms with Crippen LogP contribution in [0.1, 0.15) is 36.7 Å². The quantitative estimate of drug-likeness (QED) is 0.238. The fourth-order valence-electron chi connectivity index (χ4n) is 3.89. The Bertz CT molecular complexity index is 1290. The van der Waals surface area contributed by atoms with Crippen LogP contribution in [-0.4, -0.2) is 33.3 Å². The van der Waals surface area contributed by atoms with Gasteiger partial charge in [0.15, 0.2) is 0 Å². The highest BCUT2D eigenvalue weighted by molar-refractivity contribution is 6.46. The molecule has 1 fully saturated rings. The van der Waals surface area contributed by atoms with E-state index >= 15 is 0 Å². The van der Waals surface area contributed by atoms with Crippen LogP contribution in [0.2, 0.25) is 10.0 Å². The zero-order valence-electron chi connectivity index (χ0n) is 19.2. The fourth-order valence-corrected chi connectivity index (χ4v) is 4.19. The lowest BCUT2D eigenvalue weighted by atomic mass is 9.95. The fraction of sp³-hybridized carbons (Fsp3) is 0.222. The van der Waals surface area contributed by atoms with E-state index in [4.69, 9.17) is 27.9 Å². The first-order valence-electron chi connectivity index (χ1n) is 11.1. The lowest BCUT2D eigenvalue weighted by Gasteiger charge is -2.25. The Hall–Kier alpha value is -3.35. The number of hydrogen-bond donors (Lipinski definition) is 1. The molecule has 1 saturated heterocycles. The number of hydrogen-bond acceptors (Lipinski definition) is 5. The smallest absolute Gasteiger partial charge is 0.296 e. The number of aliphatic hydroxyl groups is 1. The third-order valence-corrected chi connectivity index (χ3v) is 6.29. The SMILES string of the molecule is CC(C)COc1cccc(C2/C(=C(/O)c3ccc(Cl)c(Cl)c3)C(=O)C(=O)N2Cc2ccccn2)c1. The molecule has 1 aliphatic heterocycles. The van der Waals surface area contributed by atoms with E-state index in [0.29, 0.717) is 34.6 Å². The van der Waals surface area contributed by atoms with Crippen molar-refractivity contribution in [1.82, 2.24) is 9.88 Å². The van der Waals surface area contributed by atoms with E-state index in [9.17, 15) is 14.7 Å². The summed E-state index contributed by atoms with van der Waals surface area (Å²) in [5, 5.41) is 11.7. The van der Waals surface area contributed by atoms with Crippen molar-refractivity contribution in [2.75, 3.05) is 6.61 Å². The van der Waals surface area contributed by atoms with Gasteiger partial charge in [-0.15, -0.1) is 0 Å². The second-order valence-corrected chi connectivity index (χ2v) is 9.47. The van der Waals surface area contributed by atoms with Crippen LogP contribution in [0, 0.1) is 5.92 Å². The summed E-state index contributed by atoms with van der Waals surface area (Å²) in [7, 11) is 0. The Labute approximate surface area is 213 Å². The first-order valence-corrected chi connectivity index (χ1v) is 11.9. The maximum absolute atomic E-state index is 13.2. The summed E-state index contributed by atoms with van der Waals surface area (Å²) in [6.07, 6.45) is 1.62. The summed E-state index contributed by atoms with van der Waals surface area (Å²) in [5.41, 5.74) is 1.49. The molecular weight excluding hydrogens is 487 g/mol. The van der Waals surface area contributed by atoms with Crippen molar-refractivity contribution in [3.63, 3.8) is 0 Å². The second-order valence-electron chi connectivity index (χ2n) is 8.65. The number of aromatic nitrogens is 1. The highest BCUT2D eigenvalue weighted by Crippen LogP contribution is 2.41. The Balaban J connectivity index is 1.84. The molecule has 1 amide bonds. The summed E-state index contributed by atoms with van der Waals surface area (Å²) >= 11 is 12.2. The lowest BCUT2D eigenvalue weighted by molar-refractivity contribution is -0.140. The average molecular weight is 511 g/mol. The minimum Gasteiger partial charge on any atom is -0.507 e. The standard InChI is InChI=1S/C27H24Cl2N2O4/c1-16(2)15-35-20-8-5-6-17(12-20)24-23(25(32)18-9-10-21(28)22(29)13-18)26(33)27(34)31(24)14-19-7-3-4-11-30-19/h3-13,16,24,32H,14-15H2,1-2H3/b25-23-. The summed E-state index contributed by atoms with van der Waals surface area (Å²) in [4.78, 5) is 32.1. The largest absolute Gasteiger partial charge is 0.507 e. The van der Waals surface area contributed by atoms with Gasteiger partial charge in [0.2, 0.25) is 0 Å². The van der Waals surface area contributed by atoms with Gasteiger partial charge in [0.05, 0.1) is 40.5 Å². The van der Waals surface area contributed by atoms with E-state index in [0.717, 1.165) is 0 Å². The molecule has 0 aliphatic carbocycles. The summed E-state index contributed by atoms with van der Waals surface area (Å²) in [5.74, 6) is -0.917. The maximum Gasteiger partial charge on any atom is 0.296 e. The molecule has 180 valence electrons. The van der Waals surface area contributed by atoms with E-state index in [2.05, 4.69) is 4.98 Å². The number of likely N-dealkylation sites (tertiary alicyclic amines) is 1. The number of ether oxygens (including phenoxy) is 1. The molecule has 1 unspecified atom stereocenters. The molecule has 0 spiro atoms. The van der Waals surface area contributed by atoms with Crippen LogP contribution in [0.4, 0.5) is 0 Å². The maximum atomic E-state index is 13.2. The van der Waals surface area contributed by atoms with E-state index in [-0.39, 0.29) is 28.5 Å². The van der Waals surface area contributed by atoms with Gasteiger partial charge >= 0.3 is 0 Å². The van der Waals surface area contributed by atoms with E-state index in [1.165, 1.54) is 17.0 Å². The van der Waals surface area contributed by atoms with Gasteiger partial charge in [0, 0.05) is 11.8 Å². The molecule has 0 saturated carbocycles. The normalized spacial score (nSPS) is 17.3. The first kappa shape index (κ1) is 24.8. The summed E-state index contributed by atoms with van der Waals surface area (Å²) in [6, 6.07) is 16.2. The zero-order chi connectivity index (χ0) is 25.1. The van der Waals surface area contributed by atoms with Gasteiger partial charge in [-0.05, 0) is 53.9 Å². The highest BCUT2D eigenvalue weighted by Gasteiger charge is 2.46. The molecular formula is C27H24Cl2N2O4. The molecule has 1 aromatic heterocycles. The van der Waals surface area contributed by atoms with Gasteiger partial charge < -0.3 is 14.7 Å². The monoisotopic (exact) mass is 510 g/mol. The van der Waals surface area contributed by atoms with Crippen LogP contribution in [0.15, 0.2) is 72.4 Å². The van der Waals surface area contributed by atoms with Crippen molar-refractivity contribution in [3.05, 3.63) is 99.3 Å². The minimum absolute atomic E-state index is 0.0367. The number of ketones is 1. The number of carbonyl (C=O) groups excluding carboxylic acids is 2. The van der Waals surface area contributed by atoms with Gasteiger partial charge in [0.1, 0.15) is 11.5 Å². The number of aliphatic hydroxyl groups excluding tert-OH is 1. The van der Waals surface area contributed by atoms with Crippen LogP contribution >= 0.6 is 23.2 Å². The molecule has 1 atom stereocenters.